The number of rotatable bonds is 0. The van der Waals surface area contributed by atoms with Crippen molar-refractivity contribution in [1.29, 1.82) is 0 Å². The molecule has 6 heavy (non-hydrogen) atoms. The van der Waals surface area contributed by atoms with Gasteiger partial charge in [-0.1, -0.05) is 12.6 Å². The SMILES string of the molecule is O=C(O)S.[CH3][Sn]. The van der Waals surface area contributed by atoms with Gasteiger partial charge < -0.3 is 5.11 Å². The zero-order valence-corrected chi connectivity index (χ0v) is 7.05. The van der Waals surface area contributed by atoms with Crippen LogP contribution in [0, 0.1) is 0 Å². The van der Waals surface area contributed by atoms with Crippen molar-refractivity contribution in [3.63, 3.8) is 0 Å². The minimum absolute atomic E-state index is 1.14. The minimum atomic E-state index is -1.14. The Bertz CT molecular complexity index is 34.5. The fourth-order valence-electron chi connectivity index (χ4n) is 0. The van der Waals surface area contributed by atoms with Crippen molar-refractivity contribution in [3.8, 4) is 0 Å². The molecule has 35 valence electrons. The monoisotopic (exact) mass is 213 g/mol. The first-order valence-electron chi connectivity index (χ1n) is 1.15. The van der Waals surface area contributed by atoms with Gasteiger partial charge in [-0.3, -0.25) is 0 Å². The van der Waals surface area contributed by atoms with Gasteiger partial charge in [0.2, 0.25) is 0 Å². The molecule has 0 aliphatic heterocycles. The molecule has 0 saturated carbocycles. The second-order valence-electron chi connectivity index (χ2n) is 0.283. The molecule has 0 atom stereocenters. The van der Waals surface area contributed by atoms with Crippen molar-refractivity contribution in [2.75, 3.05) is 0 Å². The van der Waals surface area contributed by atoms with Gasteiger partial charge in [-0.2, -0.15) is 0 Å². The van der Waals surface area contributed by atoms with E-state index >= 15 is 0 Å². The first kappa shape index (κ1) is 9.80. The van der Waals surface area contributed by atoms with Crippen LogP contribution in [0.3, 0.4) is 0 Å². The van der Waals surface area contributed by atoms with Crippen molar-refractivity contribution in [2.24, 2.45) is 0 Å². The van der Waals surface area contributed by atoms with E-state index in [9.17, 15) is 0 Å². The average Bonchev–Trinajstić information content (AvgIpc) is 1.41. The molecule has 0 spiro atoms. The molecule has 0 fully saturated rings. The average molecular weight is 212 g/mol. The Labute approximate surface area is 55.4 Å². The Morgan fingerprint density at radius 2 is 1.83 bits per heavy atom. The van der Waals surface area contributed by atoms with E-state index in [1.165, 1.54) is 0 Å². The van der Waals surface area contributed by atoms with Gasteiger partial charge >= 0.3 is 32.8 Å². The summed E-state index contributed by atoms with van der Waals surface area (Å²) in [7, 11) is 0. The topological polar surface area (TPSA) is 37.3 Å². The van der Waals surface area contributed by atoms with Crippen LogP contribution in [0.15, 0.2) is 0 Å². The van der Waals surface area contributed by atoms with E-state index in [2.05, 4.69) is 17.6 Å². The summed E-state index contributed by atoms with van der Waals surface area (Å²) in [5.74, 6) is 0. The molecular weight excluding hydrogens is 207 g/mol. The molecule has 0 bridgehead atoms. The summed E-state index contributed by atoms with van der Waals surface area (Å²) in [6, 6.07) is 0. The predicted octanol–water partition coefficient (Wildman–Crippen LogP) is 0.797. The van der Waals surface area contributed by atoms with E-state index < -0.39 is 5.30 Å². The van der Waals surface area contributed by atoms with Gasteiger partial charge in [-0.25, -0.2) is 4.79 Å². The van der Waals surface area contributed by atoms with Gasteiger partial charge in [0.05, 0.1) is 0 Å². The molecule has 0 saturated heterocycles. The molecule has 0 aromatic heterocycles. The number of carboxylic acid groups (broad SMARTS) is 1. The zero-order valence-electron chi connectivity index (χ0n) is 3.30. The fourth-order valence-corrected chi connectivity index (χ4v) is 0. The first-order chi connectivity index (χ1) is 2.73. The van der Waals surface area contributed by atoms with Crippen LogP contribution < -0.4 is 0 Å². The molecule has 0 heterocycles. The second kappa shape index (κ2) is 9.15. The van der Waals surface area contributed by atoms with E-state index in [-0.39, 0.29) is 0 Å². The van der Waals surface area contributed by atoms with Crippen molar-refractivity contribution >= 4 is 40.5 Å². The zero-order chi connectivity index (χ0) is 5.58. The van der Waals surface area contributed by atoms with Crippen LogP contribution in [0.1, 0.15) is 0 Å². The molecule has 2 nitrogen and oxygen atoms in total. The number of thiol groups is 1. The second-order valence-corrected chi connectivity index (χ2v) is 0.665. The molecule has 0 aliphatic carbocycles. The maximum atomic E-state index is 8.86. The van der Waals surface area contributed by atoms with Crippen LogP contribution in [0.25, 0.3) is 0 Å². The third-order valence-corrected chi connectivity index (χ3v) is 0. The van der Waals surface area contributed by atoms with E-state index in [4.69, 9.17) is 9.90 Å². The maximum absolute atomic E-state index is 8.86. The molecule has 0 rings (SSSR count). The number of carbonyl (C=O) groups is 1. The molecule has 1 N–H and O–H groups in total. The van der Waals surface area contributed by atoms with Crippen LogP contribution in [0.4, 0.5) is 4.79 Å². The number of hydrogen-bond donors (Lipinski definition) is 2. The summed E-state index contributed by atoms with van der Waals surface area (Å²) in [6.45, 7) is 0. The van der Waals surface area contributed by atoms with Gasteiger partial charge in [0.15, 0.2) is 0 Å². The Morgan fingerprint density at radius 3 is 1.83 bits per heavy atom. The third-order valence-electron chi connectivity index (χ3n) is 0. The molecular formula is C2H5O2SSn. The Morgan fingerprint density at radius 1 is 1.83 bits per heavy atom. The molecule has 0 aromatic rings. The van der Waals surface area contributed by atoms with E-state index in [0.29, 0.717) is 0 Å². The first-order valence-corrected chi connectivity index (χ1v) is 4.45. The normalized spacial score (nSPS) is 5.17. The Balaban J connectivity index is 0. The van der Waals surface area contributed by atoms with Crippen LogP contribution in [-0.2, 0) is 0 Å². The molecule has 0 aromatic carbocycles. The standard InChI is InChI=1S/CH2O2S.CH3.Sn/c2-1(3)4;;/h4H,(H,2,3);1H3;. The summed E-state index contributed by atoms with van der Waals surface area (Å²) in [4.78, 5) is 11.0. The molecule has 0 aliphatic rings. The van der Waals surface area contributed by atoms with Gasteiger partial charge in [-0.15, -0.1) is 0 Å². The molecule has 0 amide bonds. The van der Waals surface area contributed by atoms with Crippen LogP contribution in [-0.4, -0.2) is 32.9 Å². The molecule has 4 heteroatoms. The third kappa shape index (κ3) is 158. The Hall–Kier alpha value is 0.619. The van der Waals surface area contributed by atoms with Crippen LogP contribution >= 0.6 is 12.6 Å². The van der Waals surface area contributed by atoms with Gasteiger partial charge in [-0.05, 0) is 0 Å². The summed E-state index contributed by atoms with van der Waals surface area (Å²) in [6.07, 6.45) is 0. The summed E-state index contributed by atoms with van der Waals surface area (Å²) in [5, 5.41) is 6.14. The summed E-state index contributed by atoms with van der Waals surface area (Å²) >= 11 is 4.43. The Kier molecular flexibility index (Phi) is 14.9. The summed E-state index contributed by atoms with van der Waals surface area (Å²) < 4.78 is 0. The molecule has 3 radical (unpaired) electrons. The van der Waals surface area contributed by atoms with Crippen molar-refractivity contribution < 1.29 is 9.90 Å². The van der Waals surface area contributed by atoms with Crippen molar-refractivity contribution in [1.82, 2.24) is 0 Å². The number of hydrogen-bond acceptors (Lipinski definition) is 1. The fraction of sp³-hybridized carbons (Fsp3) is 0.500. The van der Waals surface area contributed by atoms with Gasteiger partial charge in [0, 0.05) is 0 Å². The van der Waals surface area contributed by atoms with Crippen molar-refractivity contribution in [2.45, 2.75) is 4.94 Å². The van der Waals surface area contributed by atoms with E-state index in [0.717, 1.165) is 0 Å². The van der Waals surface area contributed by atoms with Crippen LogP contribution in [0.2, 0.25) is 4.94 Å². The summed E-state index contributed by atoms with van der Waals surface area (Å²) in [5.41, 5.74) is 0. The van der Waals surface area contributed by atoms with E-state index in [1.54, 1.807) is 22.5 Å². The van der Waals surface area contributed by atoms with E-state index in [1.807, 2.05) is 0 Å². The van der Waals surface area contributed by atoms with Gasteiger partial charge in [0.1, 0.15) is 0 Å². The van der Waals surface area contributed by atoms with Crippen LogP contribution in [0.5, 0.6) is 0 Å². The van der Waals surface area contributed by atoms with Crippen molar-refractivity contribution in [3.05, 3.63) is 0 Å². The molecule has 0 unspecified atom stereocenters. The quantitative estimate of drug-likeness (QED) is 0.460. The van der Waals surface area contributed by atoms with Gasteiger partial charge in [0.25, 0.3) is 0 Å². The predicted molar refractivity (Wildman–Crippen MR) is 28.6 cm³/mol.